The van der Waals surface area contributed by atoms with Gasteiger partial charge < -0.3 is 16.4 Å². The van der Waals surface area contributed by atoms with E-state index < -0.39 is 11.4 Å². The minimum absolute atomic E-state index is 0.0751. The zero-order chi connectivity index (χ0) is 14.6. The van der Waals surface area contributed by atoms with Crippen LogP contribution in [0.5, 0.6) is 0 Å². The van der Waals surface area contributed by atoms with Crippen molar-refractivity contribution >= 4 is 11.8 Å². The Balaban J connectivity index is 2.07. The van der Waals surface area contributed by atoms with E-state index in [0.717, 1.165) is 12.0 Å². The van der Waals surface area contributed by atoms with Gasteiger partial charge in [0.1, 0.15) is 0 Å². The van der Waals surface area contributed by atoms with Crippen LogP contribution in [-0.2, 0) is 16.1 Å². The van der Waals surface area contributed by atoms with Gasteiger partial charge in [-0.2, -0.15) is 0 Å². The van der Waals surface area contributed by atoms with Crippen LogP contribution in [0.1, 0.15) is 31.2 Å². The van der Waals surface area contributed by atoms with Gasteiger partial charge in [0, 0.05) is 19.5 Å². The zero-order valence-electron chi connectivity index (χ0n) is 11.5. The maximum Gasteiger partial charge on any atom is 0.242 e. The van der Waals surface area contributed by atoms with Crippen LogP contribution in [0.25, 0.3) is 0 Å². The molecule has 1 aliphatic rings. The number of amides is 2. The number of nitrogens with two attached hydrogens (primary N) is 2. The molecule has 5 heteroatoms. The number of primary amides is 1. The van der Waals surface area contributed by atoms with Crippen molar-refractivity contribution in [1.29, 1.82) is 0 Å². The quantitative estimate of drug-likeness (QED) is 0.803. The standard InChI is InChI=1S/C15H21N3O2/c16-13(19)7-10-18(11-12-5-2-1-3-6-12)14(20)15(17)8-4-9-15/h1-3,5-6H,4,7-11,17H2,(H2,16,19). The molecule has 0 aromatic heterocycles. The molecule has 2 rings (SSSR count). The van der Waals surface area contributed by atoms with Crippen molar-refractivity contribution in [3.05, 3.63) is 35.9 Å². The number of carbonyl (C=O) groups is 2. The molecule has 1 saturated carbocycles. The van der Waals surface area contributed by atoms with Crippen molar-refractivity contribution < 1.29 is 9.59 Å². The molecule has 1 fully saturated rings. The van der Waals surface area contributed by atoms with Crippen LogP contribution in [-0.4, -0.2) is 28.8 Å². The van der Waals surface area contributed by atoms with E-state index in [1.54, 1.807) is 4.90 Å². The molecule has 108 valence electrons. The van der Waals surface area contributed by atoms with Gasteiger partial charge in [-0.15, -0.1) is 0 Å². The lowest BCUT2D eigenvalue weighted by molar-refractivity contribution is -0.141. The molecule has 1 aliphatic carbocycles. The third kappa shape index (κ3) is 3.36. The Morgan fingerprint density at radius 3 is 2.35 bits per heavy atom. The molecule has 0 atom stereocenters. The fraction of sp³-hybridized carbons (Fsp3) is 0.467. The Labute approximate surface area is 118 Å². The maximum absolute atomic E-state index is 12.5. The van der Waals surface area contributed by atoms with Gasteiger partial charge in [0.2, 0.25) is 11.8 Å². The summed E-state index contributed by atoms with van der Waals surface area (Å²) in [5.74, 6) is -0.482. The van der Waals surface area contributed by atoms with Gasteiger partial charge in [0.05, 0.1) is 5.54 Å². The topological polar surface area (TPSA) is 89.4 Å². The summed E-state index contributed by atoms with van der Waals surface area (Å²) in [7, 11) is 0. The van der Waals surface area contributed by atoms with Crippen LogP contribution in [0.4, 0.5) is 0 Å². The highest BCUT2D eigenvalue weighted by molar-refractivity contribution is 5.87. The number of nitrogens with zero attached hydrogens (tertiary/aromatic N) is 1. The van der Waals surface area contributed by atoms with E-state index in [-0.39, 0.29) is 12.3 Å². The summed E-state index contributed by atoms with van der Waals surface area (Å²) in [6, 6.07) is 9.68. The average molecular weight is 275 g/mol. The highest BCUT2D eigenvalue weighted by Crippen LogP contribution is 2.31. The number of rotatable bonds is 6. The molecule has 20 heavy (non-hydrogen) atoms. The van der Waals surface area contributed by atoms with Gasteiger partial charge in [0.25, 0.3) is 0 Å². The third-order valence-corrected chi connectivity index (χ3v) is 3.80. The predicted octanol–water partition coefficient (Wildman–Crippen LogP) is 0.772. The van der Waals surface area contributed by atoms with Gasteiger partial charge >= 0.3 is 0 Å². The Morgan fingerprint density at radius 2 is 1.85 bits per heavy atom. The number of hydrogen-bond donors (Lipinski definition) is 2. The first kappa shape index (κ1) is 14.5. The molecular formula is C15H21N3O2. The monoisotopic (exact) mass is 275 g/mol. The average Bonchev–Trinajstić information content (AvgIpc) is 2.41. The number of hydrogen-bond acceptors (Lipinski definition) is 3. The van der Waals surface area contributed by atoms with Gasteiger partial charge in [-0.05, 0) is 24.8 Å². The van der Waals surface area contributed by atoms with Crippen LogP contribution in [0.3, 0.4) is 0 Å². The van der Waals surface area contributed by atoms with Crippen molar-refractivity contribution in [1.82, 2.24) is 4.90 Å². The van der Waals surface area contributed by atoms with Gasteiger partial charge in [0.15, 0.2) is 0 Å². The van der Waals surface area contributed by atoms with Crippen molar-refractivity contribution in [2.24, 2.45) is 11.5 Å². The van der Waals surface area contributed by atoms with Crippen LogP contribution in [0.2, 0.25) is 0 Å². The Kier molecular flexibility index (Phi) is 4.39. The number of benzene rings is 1. The van der Waals surface area contributed by atoms with Crippen LogP contribution >= 0.6 is 0 Å². The SMILES string of the molecule is NC(=O)CCN(Cc1ccccc1)C(=O)C1(N)CCC1. The fourth-order valence-electron chi connectivity index (χ4n) is 2.39. The molecule has 0 radical (unpaired) electrons. The molecule has 5 nitrogen and oxygen atoms in total. The van der Waals surface area contributed by atoms with Crippen LogP contribution < -0.4 is 11.5 Å². The summed E-state index contributed by atoms with van der Waals surface area (Å²) < 4.78 is 0. The largest absolute Gasteiger partial charge is 0.370 e. The van der Waals surface area contributed by atoms with Crippen molar-refractivity contribution in [3.8, 4) is 0 Å². The van der Waals surface area contributed by atoms with Crippen molar-refractivity contribution in [2.45, 2.75) is 37.8 Å². The summed E-state index contributed by atoms with van der Waals surface area (Å²) in [6.45, 7) is 0.786. The highest BCUT2D eigenvalue weighted by atomic mass is 16.2. The molecular weight excluding hydrogens is 254 g/mol. The molecule has 0 aliphatic heterocycles. The summed E-state index contributed by atoms with van der Waals surface area (Å²) in [5, 5.41) is 0. The highest BCUT2D eigenvalue weighted by Gasteiger charge is 2.42. The summed E-state index contributed by atoms with van der Waals surface area (Å²) in [4.78, 5) is 25.1. The first-order chi connectivity index (χ1) is 9.51. The molecule has 1 aromatic rings. The second-order valence-electron chi connectivity index (χ2n) is 5.44. The summed E-state index contributed by atoms with van der Waals surface area (Å²) in [5.41, 5.74) is 11.6. The Morgan fingerprint density at radius 1 is 1.20 bits per heavy atom. The van der Waals surface area contributed by atoms with E-state index in [1.807, 2.05) is 30.3 Å². The Bertz CT molecular complexity index is 483. The van der Waals surface area contributed by atoms with Gasteiger partial charge in [-0.25, -0.2) is 0 Å². The number of carbonyl (C=O) groups excluding carboxylic acids is 2. The van der Waals surface area contributed by atoms with Crippen molar-refractivity contribution in [2.75, 3.05) is 6.54 Å². The minimum Gasteiger partial charge on any atom is -0.370 e. The minimum atomic E-state index is -0.744. The molecule has 2 amide bonds. The van der Waals surface area contributed by atoms with E-state index in [9.17, 15) is 9.59 Å². The lowest BCUT2D eigenvalue weighted by Crippen LogP contribution is -2.59. The maximum atomic E-state index is 12.5. The predicted molar refractivity (Wildman–Crippen MR) is 76.4 cm³/mol. The molecule has 0 heterocycles. The zero-order valence-corrected chi connectivity index (χ0v) is 11.5. The normalized spacial score (nSPS) is 16.2. The molecule has 0 unspecified atom stereocenters. The van der Waals surface area contributed by atoms with Crippen LogP contribution in [0, 0.1) is 0 Å². The van der Waals surface area contributed by atoms with E-state index >= 15 is 0 Å². The first-order valence-corrected chi connectivity index (χ1v) is 6.92. The molecule has 0 saturated heterocycles. The molecule has 4 N–H and O–H groups in total. The fourth-order valence-corrected chi connectivity index (χ4v) is 2.39. The van der Waals surface area contributed by atoms with Crippen molar-refractivity contribution in [3.63, 3.8) is 0 Å². The van der Waals surface area contributed by atoms with Gasteiger partial charge in [-0.1, -0.05) is 30.3 Å². The summed E-state index contributed by atoms with van der Waals surface area (Å²) in [6.07, 6.45) is 2.58. The van der Waals surface area contributed by atoms with E-state index in [1.165, 1.54) is 0 Å². The van der Waals surface area contributed by atoms with Gasteiger partial charge in [-0.3, -0.25) is 9.59 Å². The first-order valence-electron chi connectivity index (χ1n) is 6.92. The smallest absolute Gasteiger partial charge is 0.242 e. The third-order valence-electron chi connectivity index (χ3n) is 3.80. The summed E-state index contributed by atoms with van der Waals surface area (Å²) >= 11 is 0. The molecule has 1 aromatic carbocycles. The Hall–Kier alpha value is -1.88. The van der Waals surface area contributed by atoms with E-state index in [4.69, 9.17) is 11.5 Å². The van der Waals surface area contributed by atoms with Crippen LogP contribution in [0.15, 0.2) is 30.3 Å². The van der Waals surface area contributed by atoms with E-state index in [2.05, 4.69) is 0 Å². The lowest BCUT2D eigenvalue weighted by atomic mass is 9.76. The molecule has 0 spiro atoms. The molecule has 0 bridgehead atoms. The second kappa shape index (κ2) is 6.05. The lowest BCUT2D eigenvalue weighted by Gasteiger charge is -2.40. The second-order valence-corrected chi connectivity index (χ2v) is 5.44. The van der Waals surface area contributed by atoms with E-state index in [0.29, 0.717) is 25.9 Å².